The molecule has 0 saturated carbocycles. The SMILES string of the molecule is C=C1C(Br)=CC(C)=[C-]N1N.[Y]. The summed E-state index contributed by atoms with van der Waals surface area (Å²) in [6, 6.07) is 0. The van der Waals surface area contributed by atoms with Gasteiger partial charge in [0.1, 0.15) is 0 Å². The van der Waals surface area contributed by atoms with Gasteiger partial charge < -0.3 is 5.01 Å². The molecule has 0 aromatic rings. The Morgan fingerprint density at radius 1 is 1.73 bits per heavy atom. The molecule has 0 bridgehead atoms. The zero-order valence-corrected chi connectivity index (χ0v) is 10.7. The van der Waals surface area contributed by atoms with Gasteiger partial charge in [-0.2, -0.15) is 6.08 Å². The molecular weight excluding hydrogens is 281 g/mol. The summed E-state index contributed by atoms with van der Waals surface area (Å²) in [6.45, 7) is 5.64. The predicted molar refractivity (Wildman–Crippen MR) is 44.6 cm³/mol. The van der Waals surface area contributed by atoms with Gasteiger partial charge in [0, 0.05) is 32.7 Å². The number of hydrogen-bond donors (Lipinski definition) is 1. The third-order valence-corrected chi connectivity index (χ3v) is 1.89. The van der Waals surface area contributed by atoms with Crippen LogP contribution in [0.25, 0.3) is 0 Å². The van der Waals surface area contributed by atoms with Crippen LogP contribution in [0.1, 0.15) is 6.92 Å². The monoisotopic (exact) mass is 288 g/mol. The van der Waals surface area contributed by atoms with Crippen molar-refractivity contribution in [3.05, 3.63) is 34.6 Å². The molecule has 1 aliphatic rings. The molecule has 2 nitrogen and oxygen atoms in total. The van der Waals surface area contributed by atoms with Gasteiger partial charge in [-0.05, 0) is 5.70 Å². The van der Waals surface area contributed by atoms with Gasteiger partial charge in [0.05, 0.1) is 0 Å². The number of halogens is 1. The van der Waals surface area contributed by atoms with E-state index < -0.39 is 0 Å². The molecule has 1 radical (unpaired) electrons. The van der Waals surface area contributed by atoms with Crippen molar-refractivity contribution >= 4 is 15.9 Å². The van der Waals surface area contributed by atoms with Crippen LogP contribution in [0.5, 0.6) is 0 Å². The molecule has 1 rings (SSSR count). The number of rotatable bonds is 0. The van der Waals surface area contributed by atoms with E-state index in [0.717, 1.165) is 15.8 Å². The van der Waals surface area contributed by atoms with Crippen LogP contribution in [0.2, 0.25) is 0 Å². The molecule has 0 aliphatic carbocycles. The molecule has 2 N–H and O–H groups in total. The predicted octanol–water partition coefficient (Wildman–Crippen LogP) is 1.67. The molecule has 0 spiro atoms. The standard InChI is InChI=1S/C7H8BrN2.Y/c1-5-3-7(8)6(2)10(9)4-5;/h3H,2,9H2,1H3;/q-1;. The first kappa shape index (κ1) is 11.6. The maximum Gasteiger partial charge on any atom is 0 e. The molecule has 1 heterocycles. The van der Waals surface area contributed by atoms with E-state index in [9.17, 15) is 0 Å². The molecule has 0 atom stereocenters. The van der Waals surface area contributed by atoms with Crippen molar-refractivity contribution in [2.45, 2.75) is 6.92 Å². The van der Waals surface area contributed by atoms with Crippen LogP contribution in [-0.4, -0.2) is 5.01 Å². The molecule has 0 saturated heterocycles. The first-order valence-corrected chi connectivity index (χ1v) is 3.62. The van der Waals surface area contributed by atoms with Crippen molar-refractivity contribution < 1.29 is 32.7 Å². The van der Waals surface area contributed by atoms with Crippen molar-refractivity contribution in [3.63, 3.8) is 0 Å². The van der Waals surface area contributed by atoms with Crippen LogP contribution in [0.3, 0.4) is 0 Å². The van der Waals surface area contributed by atoms with Crippen LogP contribution in [0.4, 0.5) is 0 Å². The Hall–Kier alpha value is 0.564. The van der Waals surface area contributed by atoms with E-state index in [1.165, 1.54) is 5.01 Å². The van der Waals surface area contributed by atoms with Crippen LogP contribution < -0.4 is 5.84 Å². The average Bonchev–Trinajstić information content (AvgIpc) is 1.82. The van der Waals surface area contributed by atoms with Gasteiger partial charge in [0.25, 0.3) is 0 Å². The fourth-order valence-corrected chi connectivity index (χ4v) is 1.21. The summed E-state index contributed by atoms with van der Waals surface area (Å²) in [5.74, 6) is 5.49. The van der Waals surface area contributed by atoms with E-state index in [2.05, 4.69) is 28.7 Å². The molecule has 1 aliphatic heterocycles. The van der Waals surface area contributed by atoms with Crippen molar-refractivity contribution in [2.24, 2.45) is 5.84 Å². The van der Waals surface area contributed by atoms with Crippen molar-refractivity contribution in [2.75, 3.05) is 0 Å². The zero-order valence-electron chi connectivity index (χ0n) is 6.26. The molecular formula is C7H8BrN2Y-. The molecule has 0 aromatic heterocycles. The quantitative estimate of drug-likeness (QED) is 0.543. The van der Waals surface area contributed by atoms with Crippen molar-refractivity contribution in [1.82, 2.24) is 5.01 Å². The molecule has 0 aromatic carbocycles. The fourth-order valence-electron chi connectivity index (χ4n) is 0.678. The maximum absolute atomic E-state index is 5.49. The minimum atomic E-state index is 0. The second kappa shape index (κ2) is 4.56. The summed E-state index contributed by atoms with van der Waals surface area (Å²) >= 11 is 3.31. The van der Waals surface area contributed by atoms with Gasteiger partial charge >= 0.3 is 0 Å². The van der Waals surface area contributed by atoms with E-state index in [1.807, 2.05) is 13.0 Å². The fraction of sp³-hybridized carbons (Fsp3) is 0.143. The maximum atomic E-state index is 5.49. The number of hydrogen-bond acceptors (Lipinski definition) is 2. The summed E-state index contributed by atoms with van der Waals surface area (Å²) in [7, 11) is 0. The normalized spacial score (nSPS) is 17.0. The first-order chi connectivity index (χ1) is 4.61. The van der Waals surface area contributed by atoms with Crippen LogP contribution in [0.15, 0.2) is 28.4 Å². The van der Waals surface area contributed by atoms with Crippen molar-refractivity contribution in [3.8, 4) is 0 Å². The Balaban J connectivity index is 0.000001000. The molecule has 11 heavy (non-hydrogen) atoms. The van der Waals surface area contributed by atoms with E-state index in [1.54, 1.807) is 0 Å². The van der Waals surface area contributed by atoms with Gasteiger partial charge in [-0.3, -0.25) is 5.84 Å². The van der Waals surface area contributed by atoms with Gasteiger partial charge in [-0.1, -0.05) is 33.5 Å². The minimum absolute atomic E-state index is 0. The largest absolute Gasteiger partial charge is 0.394 e. The van der Waals surface area contributed by atoms with E-state index in [0.29, 0.717) is 0 Å². The number of allylic oxidation sites excluding steroid dienone is 3. The summed E-state index contributed by atoms with van der Waals surface area (Å²) in [5, 5.41) is 1.37. The summed E-state index contributed by atoms with van der Waals surface area (Å²) < 4.78 is 0.909. The van der Waals surface area contributed by atoms with Crippen LogP contribution in [0, 0.1) is 6.20 Å². The number of nitrogens with zero attached hydrogens (tertiary/aromatic N) is 1. The summed E-state index contributed by atoms with van der Waals surface area (Å²) in [4.78, 5) is 0. The van der Waals surface area contributed by atoms with Crippen molar-refractivity contribution in [1.29, 1.82) is 0 Å². The van der Waals surface area contributed by atoms with E-state index in [4.69, 9.17) is 5.84 Å². The van der Waals surface area contributed by atoms with Gasteiger partial charge in [-0.15, -0.1) is 12.2 Å². The van der Waals surface area contributed by atoms with Gasteiger partial charge in [0.15, 0.2) is 0 Å². The average molecular weight is 289 g/mol. The molecule has 0 amide bonds. The topological polar surface area (TPSA) is 29.3 Å². The molecule has 4 heteroatoms. The van der Waals surface area contributed by atoms with Crippen LogP contribution in [-0.2, 0) is 32.7 Å². The smallest absolute Gasteiger partial charge is 0 e. The molecule has 57 valence electrons. The first-order valence-electron chi connectivity index (χ1n) is 2.83. The zero-order chi connectivity index (χ0) is 7.72. The number of hydrazine groups is 1. The molecule has 0 fully saturated rings. The van der Waals surface area contributed by atoms with Gasteiger partial charge in [-0.25, -0.2) is 0 Å². The second-order valence-corrected chi connectivity index (χ2v) is 2.96. The Morgan fingerprint density at radius 2 is 2.27 bits per heavy atom. The number of nitrogens with two attached hydrogens (primary N) is 1. The van der Waals surface area contributed by atoms with Crippen LogP contribution >= 0.6 is 15.9 Å². The minimum Gasteiger partial charge on any atom is -0.394 e. The van der Waals surface area contributed by atoms with E-state index >= 15 is 0 Å². The Kier molecular flexibility index (Phi) is 4.79. The second-order valence-electron chi connectivity index (χ2n) is 2.10. The van der Waals surface area contributed by atoms with Gasteiger partial charge in [0.2, 0.25) is 0 Å². The Bertz CT molecular complexity index is 233. The molecule has 0 unspecified atom stereocenters. The Labute approximate surface area is 100 Å². The Morgan fingerprint density at radius 3 is 2.73 bits per heavy atom. The summed E-state index contributed by atoms with van der Waals surface area (Å²) in [6.07, 6.45) is 4.80. The summed E-state index contributed by atoms with van der Waals surface area (Å²) in [5.41, 5.74) is 1.72. The third kappa shape index (κ3) is 2.82. The van der Waals surface area contributed by atoms with E-state index in [-0.39, 0.29) is 32.7 Å². The third-order valence-electron chi connectivity index (χ3n) is 1.21.